The first-order chi connectivity index (χ1) is 27.5. The minimum Gasteiger partial charge on any atom is -0.507 e. The molecule has 8 aromatic rings. The third kappa shape index (κ3) is 6.26. The monoisotopic (exact) mass is 736 g/mol. The van der Waals surface area contributed by atoms with Crippen LogP contribution in [0.4, 0.5) is 0 Å². The summed E-state index contributed by atoms with van der Waals surface area (Å²) in [6.45, 7) is 0.472. The van der Waals surface area contributed by atoms with Gasteiger partial charge in [0.05, 0.1) is 20.3 Å². The zero-order chi connectivity index (χ0) is 38.2. The van der Waals surface area contributed by atoms with Gasteiger partial charge in [-0.15, -0.1) is 0 Å². The smallest absolute Gasteiger partial charge is 0.132 e. The van der Waals surface area contributed by atoms with Crippen molar-refractivity contribution in [2.75, 3.05) is 14.2 Å². The predicted octanol–water partition coefficient (Wildman–Crippen LogP) is 11.6. The van der Waals surface area contributed by atoms with E-state index in [4.69, 9.17) is 14.5 Å². The van der Waals surface area contributed by atoms with Gasteiger partial charge in [0, 0.05) is 52.2 Å². The van der Waals surface area contributed by atoms with Crippen molar-refractivity contribution >= 4 is 49.3 Å². The van der Waals surface area contributed by atoms with Crippen molar-refractivity contribution in [1.29, 1.82) is 0 Å². The van der Waals surface area contributed by atoms with Gasteiger partial charge in [-0.2, -0.15) is 0 Å². The van der Waals surface area contributed by atoms with Gasteiger partial charge in [-0.3, -0.25) is 4.99 Å². The Kier molecular flexibility index (Phi) is 9.49. The molecule has 0 heterocycles. The van der Waals surface area contributed by atoms with E-state index in [1.54, 1.807) is 14.2 Å². The fourth-order valence-electron chi connectivity index (χ4n) is 8.80. The average molecular weight is 737 g/mol. The molecule has 0 aliphatic heterocycles. The van der Waals surface area contributed by atoms with Gasteiger partial charge in [0.25, 0.3) is 0 Å². The SMILES string of the molecule is COc1ccc2ccccc2c1-c1c(O)c(/C=N/C2CCCC[C@H]2NCc2cc3ccccc3c(-c3c(OC)ccc4ccccc34)c2O)cc2ccccc12. The van der Waals surface area contributed by atoms with Crippen molar-refractivity contribution in [3.63, 3.8) is 0 Å². The number of ether oxygens (including phenoxy) is 2. The molecule has 9 rings (SSSR count). The number of rotatable bonds is 9. The molecule has 1 unspecified atom stereocenters. The number of methoxy groups -OCH3 is 2. The van der Waals surface area contributed by atoms with Gasteiger partial charge < -0.3 is 25.0 Å². The molecule has 0 amide bonds. The summed E-state index contributed by atoms with van der Waals surface area (Å²) >= 11 is 0. The van der Waals surface area contributed by atoms with Crippen LogP contribution in [0.25, 0.3) is 65.3 Å². The molecule has 6 nitrogen and oxygen atoms in total. The van der Waals surface area contributed by atoms with E-state index >= 15 is 0 Å². The number of phenolic OH excluding ortho intramolecular Hbond substituents is 2. The van der Waals surface area contributed by atoms with Crippen LogP contribution in [-0.2, 0) is 6.54 Å². The molecule has 1 saturated carbocycles. The molecule has 0 saturated heterocycles. The molecule has 1 aliphatic rings. The average Bonchev–Trinajstić information content (AvgIpc) is 3.25. The number of benzene rings is 8. The van der Waals surface area contributed by atoms with Gasteiger partial charge in [0.15, 0.2) is 0 Å². The Bertz CT molecular complexity index is 2790. The third-order valence-corrected chi connectivity index (χ3v) is 11.6. The summed E-state index contributed by atoms with van der Waals surface area (Å²) in [5.74, 6) is 1.85. The maximum Gasteiger partial charge on any atom is 0.132 e. The van der Waals surface area contributed by atoms with Crippen LogP contribution >= 0.6 is 0 Å². The quantitative estimate of drug-likeness (QED) is 0.129. The molecule has 0 radical (unpaired) electrons. The third-order valence-electron chi connectivity index (χ3n) is 11.6. The summed E-state index contributed by atoms with van der Waals surface area (Å²) in [5.41, 5.74) is 4.75. The molecule has 3 N–H and O–H groups in total. The largest absolute Gasteiger partial charge is 0.507 e. The molecule has 2 atom stereocenters. The van der Waals surface area contributed by atoms with E-state index in [1.165, 1.54) is 0 Å². The number of hydrogen-bond acceptors (Lipinski definition) is 6. The highest BCUT2D eigenvalue weighted by Crippen LogP contribution is 2.48. The standard InChI is InChI=1S/C50H44N2O4/c1-55-43-25-23-31-13-3-7-17-37(31)45(43)47-39-19-9-5-15-33(39)27-35(49(47)53)29-51-41-21-11-12-22-42(41)52-30-36-28-34-16-6-10-20-40(34)48(50(36)54)46-38-18-8-4-14-32(38)24-26-44(46)56-2/h3-10,13-20,23-29,41-42,52-54H,11-12,21-22,30H2,1-2H3/b51-29+/t41?,42-/m1/s1. The summed E-state index contributed by atoms with van der Waals surface area (Å²) in [6.07, 6.45) is 5.91. The van der Waals surface area contributed by atoms with E-state index in [0.717, 1.165) is 102 Å². The Balaban J connectivity index is 1.07. The summed E-state index contributed by atoms with van der Waals surface area (Å²) < 4.78 is 11.8. The van der Waals surface area contributed by atoms with Crippen LogP contribution in [-0.4, -0.2) is 42.7 Å². The van der Waals surface area contributed by atoms with Gasteiger partial charge in [-0.25, -0.2) is 0 Å². The molecular weight excluding hydrogens is 693 g/mol. The minimum atomic E-state index is -0.00890. The lowest BCUT2D eigenvalue weighted by Gasteiger charge is -2.30. The minimum absolute atomic E-state index is 0.00890. The second-order valence-electron chi connectivity index (χ2n) is 14.7. The highest BCUT2D eigenvalue weighted by atomic mass is 16.5. The molecule has 278 valence electrons. The van der Waals surface area contributed by atoms with E-state index in [-0.39, 0.29) is 23.6 Å². The summed E-state index contributed by atoms with van der Waals surface area (Å²) in [4.78, 5) is 5.19. The second kappa shape index (κ2) is 15.0. The van der Waals surface area contributed by atoms with Crippen molar-refractivity contribution in [2.45, 2.75) is 44.3 Å². The van der Waals surface area contributed by atoms with Crippen molar-refractivity contribution in [1.82, 2.24) is 5.32 Å². The number of aliphatic imine (C=N–C) groups is 1. The Morgan fingerprint density at radius 2 is 1.05 bits per heavy atom. The predicted molar refractivity (Wildman–Crippen MR) is 231 cm³/mol. The van der Waals surface area contributed by atoms with Crippen molar-refractivity contribution in [3.05, 3.63) is 145 Å². The van der Waals surface area contributed by atoms with Crippen molar-refractivity contribution < 1.29 is 19.7 Å². The van der Waals surface area contributed by atoms with Crippen molar-refractivity contribution in [2.24, 2.45) is 4.99 Å². The lowest BCUT2D eigenvalue weighted by Crippen LogP contribution is -2.40. The van der Waals surface area contributed by atoms with E-state index in [2.05, 4.69) is 72.0 Å². The molecule has 8 aromatic carbocycles. The zero-order valence-electron chi connectivity index (χ0n) is 31.6. The molecular formula is C50H44N2O4. The second-order valence-corrected chi connectivity index (χ2v) is 14.7. The number of nitrogens with zero attached hydrogens (tertiary/aromatic N) is 1. The lowest BCUT2D eigenvalue weighted by molar-refractivity contribution is 0.327. The number of hydrogen-bond donors (Lipinski definition) is 3. The van der Waals surface area contributed by atoms with E-state index < -0.39 is 0 Å². The molecule has 0 aromatic heterocycles. The van der Waals surface area contributed by atoms with Gasteiger partial charge in [-0.05, 0) is 80.2 Å². The summed E-state index contributed by atoms with van der Waals surface area (Å²) in [5, 5.41) is 36.2. The van der Waals surface area contributed by atoms with Gasteiger partial charge in [-0.1, -0.05) is 122 Å². The van der Waals surface area contributed by atoms with Gasteiger partial charge >= 0.3 is 0 Å². The fraction of sp³-hybridized carbons (Fsp3) is 0.180. The van der Waals surface area contributed by atoms with Crippen LogP contribution in [0.15, 0.2) is 138 Å². The Hall–Kier alpha value is -6.37. The molecule has 0 bridgehead atoms. The van der Waals surface area contributed by atoms with Crippen LogP contribution < -0.4 is 14.8 Å². The summed E-state index contributed by atoms with van der Waals surface area (Å²) in [6, 6.07) is 45.1. The van der Waals surface area contributed by atoms with Crippen LogP contribution in [0.1, 0.15) is 36.8 Å². The van der Waals surface area contributed by atoms with Crippen LogP contribution in [0.2, 0.25) is 0 Å². The van der Waals surface area contributed by atoms with Crippen LogP contribution in [0.5, 0.6) is 23.0 Å². The number of fused-ring (bicyclic) bond motifs is 4. The van der Waals surface area contributed by atoms with E-state index in [0.29, 0.717) is 17.9 Å². The number of nitrogens with one attached hydrogen (secondary N) is 1. The van der Waals surface area contributed by atoms with Crippen LogP contribution in [0.3, 0.4) is 0 Å². The first kappa shape index (κ1) is 35.3. The number of aromatic hydroxyl groups is 2. The highest BCUT2D eigenvalue weighted by molar-refractivity contribution is 6.13. The van der Waals surface area contributed by atoms with E-state index in [9.17, 15) is 10.2 Å². The first-order valence-corrected chi connectivity index (χ1v) is 19.4. The Morgan fingerprint density at radius 3 is 1.62 bits per heavy atom. The molecule has 1 fully saturated rings. The Labute approximate surface area is 326 Å². The maximum atomic E-state index is 12.1. The molecule has 0 spiro atoms. The summed E-state index contributed by atoms with van der Waals surface area (Å²) in [7, 11) is 3.36. The highest BCUT2D eigenvalue weighted by Gasteiger charge is 2.26. The normalized spacial score (nSPS) is 16.0. The maximum absolute atomic E-state index is 12.1. The molecule has 6 heteroatoms. The molecule has 1 aliphatic carbocycles. The lowest BCUT2D eigenvalue weighted by atomic mass is 9.89. The van der Waals surface area contributed by atoms with Gasteiger partial charge in [0.2, 0.25) is 0 Å². The van der Waals surface area contributed by atoms with Crippen molar-refractivity contribution in [3.8, 4) is 45.3 Å². The van der Waals surface area contributed by atoms with E-state index in [1.807, 2.05) is 72.9 Å². The topological polar surface area (TPSA) is 83.3 Å². The number of phenols is 2. The molecule has 56 heavy (non-hydrogen) atoms. The fourth-order valence-corrected chi connectivity index (χ4v) is 8.80. The zero-order valence-corrected chi connectivity index (χ0v) is 31.6. The van der Waals surface area contributed by atoms with Gasteiger partial charge in [0.1, 0.15) is 23.0 Å². The Morgan fingerprint density at radius 1 is 0.571 bits per heavy atom. The first-order valence-electron chi connectivity index (χ1n) is 19.4. The van der Waals surface area contributed by atoms with Crippen LogP contribution in [0, 0.1) is 0 Å².